The van der Waals surface area contributed by atoms with Crippen molar-refractivity contribution in [3.05, 3.63) is 95.1 Å². The molecule has 0 radical (unpaired) electrons. The number of benzene rings is 3. The van der Waals surface area contributed by atoms with Gasteiger partial charge < -0.3 is 4.90 Å². The van der Waals surface area contributed by atoms with E-state index in [0.29, 0.717) is 17.7 Å². The Morgan fingerprint density at radius 2 is 1.72 bits per heavy atom. The highest BCUT2D eigenvalue weighted by atomic mass is 32.2. The molecule has 6 heteroatoms. The highest BCUT2D eigenvalue weighted by molar-refractivity contribution is 7.89. The molecule has 1 N–H and O–H groups in total. The molecule has 1 aliphatic rings. The molecule has 1 amide bonds. The second-order valence-corrected chi connectivity index (χ2v) is 8.86. The fraction of sp³-hybridized carbons (Fsp3) is 0.174. The summed E-state index contributed by atoms with van der Waals surface area (Å²) in [6, 6.07) is 22.0. The molecule has 148 valence electrons. The number of aryl methyl sites for hydroxylation is 1. The van der Waals surface area contributed by atoms with E-state index < -0.39 is 10.0 Å². The van der Waals surface area contributed by atoms with Crippen molar-refractivity contribution in [2.75, 3.05) is 11.4 Å². The van der Waals surface area contributed by atoms with Crippen molar-refractivity contribution in [1.29, 1.82) is 0 Å². The summed E-state index contributed by atoms with van der Waals surface area (Å²) >= 11 is 0. The van der Waals surface area contributed by atoms with E-state index in [1.807, 2.05) is 54.6 Å². The fourth-order valence-electron chi connectivity index (χ4n) is 3.58. The first kappa shape index (κ1) is 19.4. The van der Waals surface area contributed by atoms with Gasteiger partial charge in [-0.2, -0.15) is 0 Å². The molecule has 4 rings (SSSR count). The highest BCUT2D eigenvalue weighted by Crippen LogP contribution is 2.29. The van der Waals surface area contributed by atoms with Gasteiger partial charge in [0.25, 0.3) is 5.91 Å². The Hall–Kier alpha value is -2.96. The van der Waals surface area contributed by atoms with Crippen LogP contribution in [0.2, 0.25) is 0 Å². The van der Waals surface area contributed by atoms with Crippen LogP contribution in [0.15, 0.2) is 77.7 Å². The number of nitrogens with zero attached hydrogens (tertiary/aromatic N) is 1. The summed E-state index contributed by atoms with van der Waals surface area (Å²) in [6.45, 7) is 2.52. The third kappa shape index (κ3) is 3.95. The number of para-hydroxylation sites is 1. The second-order valence-electron chi connectivity index (χ2n) is 7.13. The van der Waals surface area contributed by atoms with E-state index in [1.54, 1.807) is 24.0 Å². The monoisotopic (exact) mass is 406 g/mol. The number of carbonyl (C=O) groups is 1. The number of anilines is 1. The fourth-order valence-corrected chi connectivity index (χ4v) is 4.87. The molecule has 0 aromatic heterocycles. The maximum atomic E-state index is 13.1. The Kier molecular flexibility index (Phi) is 5.22. The smallest absolute Gasteiger partial charge is 0.258 e. The average Bonchev–Trinajstić information content (AvgIpc) is 3.17. The SMILES string of the molecule is Cc1ccc(C(=O)N2CCc3ccccc32)cc1S(=O)(=O)NCc1ccccc1. The minimum atomic E-state index is -3.75. The van der Waals surface area contributed by atoms with Gasteiger partial charge in [-0.3, -0.25) is 4.79 Å². The number of nitrogens with one attached hydrogen (secondary N) is 1. The summed E-state index contributed by atoms with van der Waals surface area (Å²) in [4.78, 5) is 14.9. The molecule has 0 atom stereocenters. The zero-order valence-electron chi connectivity index (χ0n) is 16.1. The average molecular weight is 407 g/mol. The molecule has 3 aromatic carbocycles. The van der Waals surface area contributed by atoms with Gasteiger partial charge in [-0.1, -0.05) is 54.6 Å². The molecule has 0 unspecified atom stereocenters. The summed E-state index contributed by atoms with van der Waals surface area (Å²) in [5, 5.41) is 0. The maximum absolute atomic E-state index is 13.1. The van der Waals surface area contributed by atoms with E-state index in [2.05, 4.69) is 4.72 Å². The number of hydrogen-bond donors (Lipinski definition) is 1. The van der Waals surface area contributed by atoms with Crippen LogP contribution in [0, 0.1) is 6.92 Å². The first-order valence-corrected chi connectivity index (χ1v) is 11.0. The molecular weight excluding hydrogens is 384 g/mol. The van der Waals surface area contributed by atoms with Crippen LogP contribution in [-0.2, 0) is 23.0 Å². The number of fused-ring (bicyclic) bond motifs is 1. The van der Waals surface area contributed by atoms with Crippen LogP contribution in [0.5, 0.6) is 0 Å². The van der Waals surface area contributed by atoms with E-state index in [0.717, 1.165) is 23.2 Å². The Bertz CT molecular complexity index is 1160. The number of amides is 1. The van der Waals surface area contributed by atoms with Gasteiger partial charge in [-0.25, -0.2) is 13.1 Å². The van der Waals surface area contributed by atoms with Crippen LogP contribution >= 0.6 is 0 Å². The molecule has 1 heterocycles. The molecule has 0 spiro atoms. The van der Waals surface area contributed by atoms with Crippen molar-refractivity contribution in [2.24, 2.45) is 0 Å². The van der Waals surface area contributed by atoms with Gasteiger partial charge in [0.2, 0.25) is 10.0 Å². The van der Waals surface area contributed by atoms with Gasteiger partial charge in [0.15, 0.2) is 0 Å². The molecule has 29 heavy (non-hydrogen) atoms. The standard InChI is InChI=1S/C23H22N2O3S/c1-17-11-12-20(23(26)25-14-13-19-9-5-6-10-21(19)25)15-22(17)29(27,28)24-16-18-7-3-2-4-8-18/h2-12,15,24H,13-14,16H2,1H3. The number of sulfonamides is 1. The Morgan fingerprint density at radius 1 is 1.00 bits per heavy atom. The largest absolute Gasteiger partial charge is 0.308 e. The van der Waals surface area contributed by atoms with Crippen LogP contribution in [0.1, 0.15) is 27.0 Å². The molecule has 0 saturated carbocycles. The molecule has 1 aliphatic heterocycles. The molecule has 0 bridgehead atoms. The molecule has 0 aliphatic carbocycles. The zero-order valence-corrected chi connectivity index (χ0v) is 16.9. The van der Waals surface area contributed by atoms with Crippen LogP contribution < -0.4 is 9.62 Å². The number of rotatable bonds is 5. The predicted octanol–water partition coefficient (Wildman–Crippen LogP) is 3.68. The van der Waals surface area contributed by atoms with Crippen LogP contribution in [0.25, 0.3) is 0 Å². The van der Waals surface area contributed by atoms with Crippen molar-refractivity contribution in [2.45, 2.75) is 24.8 Å². The Balaban J connectivity index is 1.60. The van der Waals surface area contributed by atoms with Crippen LogP contribution in [0.4, 0.5) is 5.69 Å². The zero-order chi connectivity index (χ0) is 20.4. The first-order valence-electron chi connectivity index (χ1n) is 9.50. The summed E-state index contributed by atoms with van der Waals surface area (Å²) in [7, 11) is -3.75. The van der Waals surface area contributed by atoms with E-state index in [1.165, 1.54) is 6.07 Å². The quantitative estimate of drug-likeness (QED) is 0.703. The van der Waals surface area contributed by atoms with Gasteiger partial charge in [-0.05, 0) is 48.2 Å². The van der Waals surface area contributed by atoms with Crippen molar-refractivity contribution >= 4 is 21.6 Å². The lowest BCUT2D eigenvalue weighted by atomic mass is 10.1. The van der Waals surface area contributed by atoms with E-state index in [4.69, 9.17) is 0 Å². The number of carbonyl (C=O) groups excluding carboxylic acids is 1. The lowest BCUT2D eigenvalue weighted by Crippen LogP contribution is -2.29. The van der Waals surface area contributed by atoms with Crippen LogP contribution in [-0.4, -0.2) is 20.9 Å². The molecule has 5 nitrogen and oxygen atoms in total. The maximum Gasteiger partial charge on any atom is 0.258 e. The van der Waals surface area contributed by atoms with E-state index in [9.17, 15) is 13.2 Å². The molecular formula is C23H22N2O3S. The summed E-state index contributed by atoms with van der Waals surface area (Å²) in [5.74, 6) is -0.186. The second kappa shape index (κ2) is 7.81. The Morgan fingerprint density at radius 3 is 2.52 bits per heavy atom. The third-order valence-corrected chi connectivity index (χ3v) is 6.71. The summed E-state index contributed by atoms with van der Waals surface area (Å²) in [6.07, 6.45) is 0.803. The predicted molar refractivity (Wildman–Crippen MR) is 113 cm³/mol. The summed E-state index contributed by atoms with van der Waals surface area (Å²) in [5.41, 5.74) is 3.86. The summed E-state index contributed by atoms with van der Waals surface area (Å²) < 4.78 is 28.4. The van der Waals surface area contributed by atoms with Crippen molar-refractivity contribution in [1.82, 2.24) is 4.72 Å². The van der Waals surface area contributed by atoms with Gasteiger partial charge in [0.05, 0.1) is 4.90 Å². The van der Waals surface area contributed by atoms with E-state index in [-0.39, 0.29) is 17.3 Å². The molecule has 0 fully saturated rings. The molecule has 3 aromatic rings. The minimum absolute atomic E-state index is 0.131. The van der Waals surface area contributed by atoms with Gasteiger partial charge in [-0.15, -0.1) is 0 Å². The van der Waals surface area contributed by atoms with Gasteiger partial charge in [0, 0.05) is 24.3 Å². The lowest BCUT2D eigenvalue weighted by molar-refractivity contribution is 0.0989. The van der Waals surface area contributed by atoms with Gasteiger partial charge >= 0.3 is 0 Å². The lowest BCUT2D eigenvalue weighted by Gasteiger charge is -2.18. The minimum Gasteiger partial charge on any atom is -0.308 e. The number of hydrogen-bond acceptors (Lipinski definition) is 3. The van der Waals surface area contributed by atoms with Gasteiger partial charge in [0.1, 0.15) is 0 Å². The third-order valence-electron chi connectivity index (χ3n) is 5.17. The Labute approximate surface area is 171 Å². The van der Waals surface area contributed by atoms with E-state index >= 15 is 0 Å². The van der Waals surface area contributed by atoms with Crippen LogP contribution in [0.3, 0.4) is 0 Å². The van der Waals surface area contributed by atoms with Crippen molar-refractivity contribution in [3.63, 3.8) is 0 Å². The first-order chi connectivity index (χ1) is 14.0. The normalized spacial score (nSPS) is 13.3. The van der Waals surface area contributed by atoms with Crippen molar-refractivity contribution in [3.8, 4) is 0 Å². The topological polar surface area (TPSA) is 66.5 Å². The molecule has 0 saturated heterocycles. The van der Waals surface area contributed by atoms with Crippen molar-refractivity contribution < 1.29 is 13.2 Å². The highest BCUT2D eigenvalue weighted by Gasteiger charge is 2.26.